The summed E-state index contributed by atoms with van der Waals surface area (Å²) in [6.45, 7) is 2.85. The van der Waals surface area contributed by atoms with E-state index in [1.54, 1.807) is 42.5 Å². The van der Waals surface area contributed by atoms with Crippen LogP contribution < -0.4 is 19.5 Å². The summed E-state index contributed by atoms with van der Waals surface area (Å²) in [7, 11) is 0. The molecular formula is C20H19N3O5. The van der Waals surface area contributed by atoms with Crippen LogP contribution in [0.4, 0.5) is 5.69 Å². The second-order valence-electron chi connectivity index (χ2n) is 6.07. The van der Waals surface area contributed by atoms with Gasteiger partial charge in [-0.05, 0) is 36.4 Å². The fourth-order valence-corrected chi connectivity index (χ4v) is 2.67. The first-order chi connectivity index (χ1) is 13.7. The second kappa shape index (κ2) is 7.99. The van der Waals surface area contributed by atoms with Gasteiger partial charge in [-0.25, -0.2) is 0 Å². The predicted octanol–water partition coefficient (Wildman–Crippen LogP) is 3.09. The molecule has 0 spiro atoms. The summed E-state index contributed by atoms with van der Waals surface area (Å²) >= 11 is 0. The van der Waals surface area contributed by atoms with Gasteiger partial charge in [0.2, 0.25) is 11.8 Å². The minimum atomic E-state index is -0.273. The van der Waals surface area contributed by atoms with Crippen LogP contribution in [0.2, 0.25) is 0 Å². The number of ether oxygens (including phenoxy) is 3. The molecule has 1 aliphatic heterocycles. The molecule has 1 amide bonds. The first-order valence-electron chi connectivity index (χ1n) is 8.96. The van der Waals surface area contributed by atoms with Crippen LogP contribution in [0, 0.1) is 0 Å². The number of anilines is 1. The third-order valence-electron chi connectivity index (χ3n) is 4.07. The van der Waals surface area contributed by atoms with E-state index in [1.807, 2.05) is 6.92 Å². The fraction of sp³-hybridized carbons (Fsp3) is 0.250. The Morgan fingerprint density at radius 3 is 2.61 bits per heavy atom. The average Bonchev–Trinajstić information content (AvgIpc) is 3.22. The molecule has 0 bridgehead atoms. The molecule has 0 radical (unpaired) electrons. The molecule has 3 aromatic rings. The first kappa shape index (κ1) is 17.8. The van der Waals surface area contributed by atoms with E-state index in [0.29, 0.717) is 54.4 Å². The Morgan fingerprint density at radius 1 is 1.07 bits per heavy atom. The van der Waals surface area contributed by atoms with Gasteiger partial charge in [0.1, 0.15) is 19.0 Å². The molecule has 1 aromatic heterocycles. The van der Waals surface area contributed by atoms with E-state index in [4.69, 9.17) is 18.6 Å². The van der Waals surface area contributed by atoms with E-state index in [9.17, 15) is 4.79 Å². The van der Waals surface area contributed by atoms with Gasteiger partial charge in [0.15, 0.2) is 18.1 Å². The Kier molecular flexibility index (Phi) is 5.09. The first-order valence-corrected chi connectivity index (χ1v) is 8.96. The van der Waals surface area contributed by atoms with Crippen molar-refractivity contribution in [2.75, 3.05) is 25.1 Å². The highest BCUT2D eigenvalue weighted by molar-refractivity contribution is 5.92. The van der Waals surface area contributed by atoms with Crippen molar-refractivity contribution in [3.8, 4) is 28.7 Å². The van der Waals surface area contributed by atoms with Gasteiger partial charge in [0.25, 0.3) is 5.91 Å². The number of hydrogen-bond donors (Lipinski definition) is 1. The number of benzene rings is 2. The number of aryl methyl sites for hydroxylation is 1. The highest BCUT2D eigenvalue weighted by Gasteiger charge is 2.13. The van der Waals surface area contributed by atoms with Crippen molar-refractivity contribution in [3.05, 3.63) is 48.4 Å². The predicted molar refractivity (Wildman–Crippen MR) is 101 cm³/mol. The summed E-state index contributed by atoms with van der Waals surface area (Å²) in [4.78, 5) is 12.1. The van der Waals surface area contributed by atoms with Crippen LogP contribution in [0.25, 0.3) is 11.5 Å². The minimum Gasteiger partial charge on any atom is -0.486 e. The number of carbonyl (C=O) groups excluding carboxylic acids is 1. The SMILES string of the molecule is CCc1nnc(-c2ccc(OCC(=O)Nc3ccc4c(c3)OCCO4)cc2)o1. The molecule has 0 fully saturated rings. The monoisotopic (exact) mass is 381 g/mol. The molecule has 8 heteroatoms. The maximum atomic E-state index is 12.1. The normalized spacial score (nSPS) is 12.5. The van der Waals surface area contributed by atoms with Gasteiger partial charge in [0, 0.05) is 23.7 Å². The van der Waals surface area contributed by atoms with E-state index >= 15 is 0 Å². The lowest BCUT2D eigenvalue weighted by molar-refractivity contribution is -0.118. The van der Waals surface area contributed by atoms with Crippen LogP contribution in [0.5, 0.6) is 17.2 Å². The summed E-state index contributed by atoms with van der Waals surface area (Å²) in [5.74, 6) is 2.63. The summed E-state index contributed by atoms with van der Waals surface area (Å²) in [5.41, 5.74) is 1.41. The lowest BCUT2D eigenvalue weighted by Gasteiger charge is -2.19. The zero-order valence-corrected chi connectivity index (χ0v) is 15.3. The summed E-state index contributed by atoms with van der Waals surface area (Å²) in [6.07, 6.45) is 0.687. The molecule has 0 unspecified atom stereocenters. The molecule has 0 saturated heterocycles. The molecule has 2 heterocycles. The fourth-order valence-electron chi connectivity index (χ4n) is 2.67. The summed E-state index contributed by atoms with van der Waals surface area (Å²) in [5, 5.41) is 10.7. The third-order valence-corrected chi connectivity index (χ3v) is 4.07. The summed E-state index contributed by atoms with van der Waals surface area (Å²) in [6, 6.07) is 12.4. The van der Waals surface area contributed by atoms with Crippen LogP contribution in [0.15, 0.2) is 46.9 Å². The molecule has 28 heavy (non-hydrogen) atoms. The highest BCUT2D eigenvalue weighted by atomic mass is 16.6. The molecule has 0 saturated carbocycles. The zero-order valence-electron chi connectivity index (χ0n) is 15.3. The molecule has 0 aliphatic carbocycles. The van der Waals surface area contributed by atoms with Crippen molar-refractivity contribution >= 4 is 11.6 Å². The Hall–Kier alpha value is -3.55. The Morgan fingerprint density at radius 2 is 1.86 bits per heavy atom. The van der Waals surface area contributed by atoms with E-state index in [0.717, 1.165) is 5.56 Å². The maximum Gasteiger partial charge on any atom is 0.262 e. The van der Waals surface area contributed by atoms with Gasteiger partial charge in [0.05, 0.1) is 0 Å². The summed E-state index contributed by atoms with van der Waals surface area (Å²) < 4.78 is 22.0. The molecule has 2 aromatic carbocycles. The van der Waals surface area contributed by atoms with Gasteiger partial charge in [-0.3, -0.25) is 4.79 Å². The van der Waals surface area contributed by atoms with E-state index < -0.39 is 0 Å². The molecular weight excluding hydrogens is 362 g/mol. The topological polar surface area (TPSA) is 95.7 Å². The molecule has 8 nitrogen and oxygen atoms in total. The Balaban J connectivity index is 1.32. The van der Waals surface area contributed by atoms with Gasteiger partial charge in [-0.1, -0.05) is 6.92 Å². The van der Waals surface area contributed by atoms with Crippen LogP contribution in [-0.2, 0) is 11.2 Å². The lowest BCUT2D eigenvalue weighted by Crippen LogP contribution is -2.20. The number of carbonyl (C=O) groups is 1. The van der Waals surface area contributed by atoms with Gasteiger partial charge in [-0.15, -0.1) is 10.2 Å². The molecule has 4 rings (SSSR count). The largest absolute Gasteiger partial charge is 0.486 e. The van der Waals surface area contributed by atoms with Crippen molar-refractivity contribution in [1.29, 1.82) is 0 Å². The van der Waals surface area contributed by atoms with Gasteiger partial charge >= 0.3 is 0 Å². The molecule has 1 N–H and O–H groups in total. The Bertz CT molecular complexity index is 968. The van der Waals surface area contributed by atoms with Crippen LogP contribution in [0.3, 0.4) is 0 Å². The molecule has 144 valence electrons. The van der Waals surface area contributed by atoms with E-state index in [2.05, 4.69) is 15.5 Å². The van der Waals surface area contributed by atoms with Gasteiger partial charge < -0.3 is 23.9 Å². The molecule has 1 aliphatic rings. The number of rotatable bonds is 6. The van der Waals surface area contributed by atoms with Crippen molar-refractivity contribution in [2.45, 2.75) is 13.3 Å². The van der Waals surface area contributed by atoms with Crippen molar-refractivity contribution < 1.29 is 23.4 Å². The number of nitrogens with zero attached hydrogens (tertiary/aromatic N) is 2. The maximum absolute atomic E-state index is 12.1. The number of aromatic nitrogens is 2. The highest BCUT2D eigenvalue weighted by Crippen LogP contribution is 2.32. The molecule has 0 atom stereocenters. The third kappa shape index (κ3) is 4.06. The van der Waals surface area contributed by atoms with E-state index in [1.165, 1.54) is 0 Å². The van der Waals surface area contributed by atoms with Crippen LogP contribution in [-0.4, -0.2) is 35.9 Å². The van der Waals surface area contributed by atoms with Crippen molar-refractivity contribution in [1.82, 2.24) is 10.2 Å². The quantitative estimate of drug-likeness (QED) is 0.701. The van der Waals surface area contributed by atoms with Crippen molar-refractivity contribution in [3.63, 3.8) is 0 Å². The number of amides is 1. The average molecular weight is 381 g/mol. The van der Waals surface area contributed by atoms with Crippen LogP contribution >= 0.6 is 0 Å². The van der Waals surface area contributed by atoms with Crippen molar-refractivity contribution in [2.24, 2.45) is 0 Å². The second-order valence-corrected chi connectivity index (χ2v) is 6.07. The number of fused-ring (bicyclic) bond motifs is 1. The number of nitrogens with one attached hydrogen (secondary N) is 1. The standard InChI is InChI=1S/C20H19N3O5/c1-2-19-22-23-20(28-19)13-3-6-15(7-4-13)27-12-18(24)21-14-5-8-16-17(11-14)26-10-9-25-16/h3-8,11H,2,9-10,12H2,1H3,(H,21,24). The minimum absolute atomic E-state index is 0.117. The lowest BCUT2D eigenvalue weighted by atomic mass is 10.2. The number of hydrogen-bond acceptors (Lipinski definition) is 7. The van der Waals surface area contributed by atoms with Gasteiger partial charge in [-0.2, -0.15) is 0 Å². The zero-order chi connectivity index (χ0) is 19.3. The smallest absolute Gasteiger partial charge is 0.262 e. The van der Waals surface area contributed by atoms with E-state index in [-0.39, 0.29) is 12.5 Å². The van der Waals surface area contributed by atoms with Crippen LogP contribution in [0.1, 0.15) is 12.8 Å². The Labute approximate surface area is 161 Å².